The molecule has 0 aliphatic carbocycles. The summed E-state index contributed by atoms with van der Waals surface area (Å²) in [5, 5.41) is 17.9. The lowest BCUT2D eigenvalue weighted by Crippen LogP contribution is -2.33. The summed E-state index contributed by atoms with van der Waals surface area (Å²) in [4.78, 5) is 1.11. The second-order valence-corrected chi connectivity index (χ2v) is 6.75. The molecule has 0 aromatic heterocycles. The van der Waals surface area contributed by atoms with Gasteiger partial charge < -0.3 is 15.4 Å². The average Bonchev–Trinajstić information content (AvgIpc) is 3.02. The van der Waals surface area contributed by atoms with Crippen LogP contribution in [0, 0.1) is 16.7 Å². The van der Waals surface area contributed by atoms with Gasteiger partial charge in [-0.2, -0.15) is 5.26 Å². The Morgan fingerprint density at radius 1 is 1.45 bits per heavy atom. The van der Waals surface area contributed by atoms with Crippen molar-refractivity contribution in [3.63, 3.8) is 0 Å². The third-order valence-corrected chi connectivity index (χ3v) is 3.87. The Hall–Kier alpha value is -1.58. The zero-order valence-electron chi connectivity index (χ0n) is 11.9. The quantitative estimate of drug-likeness (QED) is 0.688. The van der Waals surface area contributed by atoms with E-state index in [0.717, 1.165) is 10.7 Å². The van der Waals surface area contributed by atoms with Crippen molar-refractivity contribution in [2.75, 3.05) is 6.54 Å². The van der Waals surface area contributed by atoms with Gasteiger partial charge in [-0.3, -0.25) is 5.32 Å². The number of thioether (sulfide) groups is 1. The Morgan fingerprint density at radius 2 is 2.25 bits per heavy atom. The topological polar surface area (TPSA) is 69.1 Å². The summed E-state index contributed by atoms with van der Waals surface area (Å²) in [6, 6.07) is 2.06. The second-order valence-electron chi connectivity index (χ2n) is 5.57. The van der Waals surface area contributed by atoms with E-state index in [1.165, 1.54) is 0 Å². The summed E-state index contributed by atoms with van der Waals surface area (Å²) >= 11 is 1.64. The molecule has 20 heavy (non-hydrogen) atoms. The molecule has 2 aliphatic heterocycles. The number of allylic oxidation sites excluding steroid dienone is 2. The maximum absolute atomic E-state index is 8.52. The molecule has 2 rings (SSSR count). The van der Waals surface area contributed by atoms with Gasteiger partial charge in [-0.15, -0.1) is 0 Å². The Balaban J connectivity index is 1.78. The highest BCUT2D eigenvalue weighted by Crippen LogP contribution is 2.30. The molecule has 0 fully saturated rings. The highest BCUT2D eigenvalue weighted by Gasteiger charge is 2.25. The van der Waals surface area contributed by atoms with Gasteiger partial charge in [0.05, 0.1) is 12.6 Å². The molecule has 0 saturated heterocycles. The zero-order valence-corrected chi connectivity index (χ0v) is 12.8. The first-order valence-electron chi connectivity index (χ1n) is 6.54. The molecule has 108 valence electrons. The van der Waals surface area contributed by atoms with Crippen molar-refractivity contribution in [1.29, 1.82) is 5.26 Å². The molecule has 0 spiro atoms. The minimum absolute atomic E-state index is 0.0187. The van der Waals surface area contributed by atoms with E-state index in [9.17, 15) is 0 Å². The lowest BCUT2D eigenvalue weighted by Gasteiger charge is -2.20. The van der Waals surface area contributed by atoms with Crippen LogP contribution in [0.4, 0.5) is 0 Å². The van der Waals surface area contributed by atoms with E-state index < -0.39 is 0 Å². The van der Waals surface area contributed by atoms with Crippen molar-refractivity contribution in [1.82, 2.24) is 16.0 Å². The van der Waals surface area contributed by atoms with Crippen molar-refractivity contribution in [3.8, 4) is 6.07 Å². The smallest absolute Gasteiger partial charge is 0.189 e. The summed E-state index contributed by atoms with van der Waals surface area (Å²) < 4.78 is 5.83. The molecule has 6 heteroatoms. The summed E-state index contributed by atoms with van der Waals surface area (Å²) in [5.41, 5.74) is 0.0835. The van der Waals surface area contributed by atoms with Crippen molar-refractivity contribution in [3.05, 3.63) is 35.2 Å². The number of ether oxygens (including phenoxy) is 1. The molecule has 0 amide bonds. The molecular formula is C14H20N4OS. The van der Waals surface area contributed by atoms with E-state index in [-0.39, 0.29) is 17.1 Å². The minimum atomic E-state index is -0.114. The minimum Gasteiger partial charge on any atom is -0.469 e. The SMILES string of the molecule is CC(C)(C)C1=CNC(/C=C/C2=CNC(NCC#N)S2)O1. The third-order valence-electron chi connectivity index (χ3n) is 2.80. The van der Waals surface area contributed by atoms with Crippen molar-refractivity contribution in [2.24, 2.45) is 5.41 Å². The van der Waals surface area contributed by atoms with E-state index in [0.29, 0.717) is 6.54 Å². The molecule has 0 saturated carbocycles. The number of rotatable bonds is 4. The number of nitrogens with zero attached hydrogens (tertiary/aromatic N) is 1. The predicted molar refractivity (Wildman–Crippen MR) is 80.9 cm³/mol. The normalized spacial score (nSPS) is 25.5. The Kier molecular flexibility index (Phi) is 4.63. The standard InChI is InChI=1S/C14H20N4OS/c1-14(2,3)11-9-17-12(19-11)5-4-10-8-18-13(20-10)16-7-6-15/h4-5,8-9,12-13,16-18H,7H2,1-3H3/b5-4+. The number of nitrogens with one attached hydrogen (secondary N) is 3. The average molecular weight is 292 g/mol. The molecule has 0 aromatic carbocycles. The van der Waals surface area contributed by atoms with E-state index in [1.807, 2.05) is 24.6 Å². The van der Waals surface area contributed by atoms with Crippen LogP contribution in [-0.4, -0.2) is 18.3 Å². The Morgan fingerprint density at radius 3 is 2.90 bits per heavy atom. The van der Waals surface area contributed by atoms with Crippen LogP contribution in [0.3, 0.4) is 0 Å². The maximum Gasteiger partial charge on any atom is 0.189 e. The fourth-order valence-electron chi connectivity index (χ4n) is 1.72. The van der Waals surface area contributed by atoms with E-state index in [4.69, 9.17) is 10.00 Å². The van der Waals surface area contributed by atoms with Crippen molar-refractivity contribution >= 4 is 11.8 Å². The summed E-state index contributed by atoms with van der Waals surface area (Å²) in [7, 11) is 0. The van der Waals surface area contributed by atoms with Crippen molar-refractivity contribution < 1.29 is 4.74 Å². The van der Waals surface area contributed by atoms with Crippen LogP contribution in [0.15, 0.2) is 35.2 Å². The molecule has 3 N–H and O–H groups in total. The number of hydrogen-bond donors (Lipinski definition) is 3. The fourth-order valence-corrected chi connectivity index (χ4v) is 2.59. The van der Waals surface area contributed by atoms with Gasteiger partial charge in [0, 0.05) is 22.7 Å². The van der Waals surface area contributed by atoms with Gasteiger partial charge in [-0.05, 0) is 12.2 Å². The predicted octanol–water partition coefficient (Wildman–Crippen LogP) is 1.95. The monoisotopic (exact) mass is 292 g/mol. The van der Waals surface area contributed by atoms with E-state index >= 15 is 0 Å². The van der Waals surface area contributed by atoms with Crippen LogP contribution >= 0.6 is 11.8 Å². The van der Waals surface area contributed by atoms with Gasteiger partial charge in [-0.1, -0.05) is 32.5 Å². The van der Waals surface area contributed by atoms with Crippen LogP contribution in [0.1, 0.15) is 20.8 Å². The molecule has 2 unspecified atom stereocenters. The van der Waals surface area contributed by atoms with Gasteiger partial charge >= 0.3 is 0 Å². The lowest BCUT2D eigenvalue weighted by molar-refractivity contribution is 0.123. The van der Waals surface area contributed by atoms with Crippen LogP contribution < -0.4 is 16.0 Å². The molecule has 0 radical (unpaired) electrons. The summed E-state index contributed by atoms with van der Waals surface area (Å²) in [5.74, 6) is 0.965. The molecule has 5 nitrogen and oxygen atoms in total. The van der Waals surface area contributed by atoms with Crippen molar-refractivity contribution in [2.45, 2.75) is 32.5 Å². The van der Waals surface area contributed by atoms with Gasteiger partial charge in [0.15, 0.2) is 6.23 Å². The number of nitriles is 1. The summed E-state index contributed by atoms with van der Waals surface area (Å²) in [6.07, 6.45) is 7.76. The van der Waals surface area contributed by atoms with Crippen LogP contribution in [0.5, 0.6) is 0 Å². The van der Waals surface area contributed by atoms with Gasteiger partial charge in [-0.25, -0.2) is 0 Å². The highest BCUT2D eigenvalue weighted by molar-refractivity contribution is 8.04. The Labute approximate surface area is 124 Å². The first-order chi connectivity index (χ1) is 9.49. The fraction of sp³-hybridized carbons (Fsp3) is 0.500. The lowest BCUT2D eigenvalue weighted by atomic mass is 9.95. The van der Waals surface area contributed by atoms with E-state index in [1.54, 1.807) is 11.8 Å². The second kappa shape index (κ2) is 6.25. The largest absolute Gasteiger partial charge is 0.469 e. The molecule has 0 bridgehead atoms. The number of hydrogen-bond acceptors (Lipinski definition) is 6. The van der Waals surface area contributed by atoms with Gasteiger partial charge in [0.2, 0.25) is 0 Å². The van der Waals surface area contributed by atoms with Gasteiger partial charge in [0.25, 0.3) is 0 Å². The molecule has 2 heterocycles. The Bertz CT molecular complexity index is 484. The molecule has 2 aliphatic rings. The van der Waals surface area contributed by atoms with Crippen LogP contribution in [-0.2, 0) is 4.74 Å². The van der Waals surface area contributed by atoms with Crippen LogP contribution in [0.25, 0.3) is 0 Å². The highest BCUT2D eigenvalue weighted by atomic mass is 32.2. The summed E-state index contributed by atoms with van der Waals surface area (Å²) in [6.45, 7) is 6.70. The van der Waals surface area contributed by atoms with E-state index in [2.05, 4.69) is 42.8 Å². The molecule has 2 atom stereocenters. The molecule has 0 aromatic rings. The first-order valence-corrected chi connectivity index (χ1v) is 7.42. The van der Waals surface area contributed by atoms with Gasteiger partial charge in [0.1, 0.15) is 11.3 Å². The third kappa shape index (κ3) is 3.95. The maximum atomic E-state index is 8.52. The van der Waals surface area contributed by atoms with Crippen LogP contribution in [0.2, 0.25) is 0 Å². The molecular weight excluding hydrogens is 272 g/mol. The first kappa shape index (κ1) is 14.8. The zero-order chi connectivity index (χ0) is 14.6.